The number of phenolic OH excluding ortho intramolecular Hbond substituents is 1. The lowest BCUT2D eigenvalue weighted by Crippen LogP contribution is -2.59. The molecule has 4 heterocycles. The minimum absolute atomic E-state index is 0.00634. The van der Waals surface area contributed by atoms with Gasteiger partial charge in [0.25, 0.3) is 0 Å². The number of hydrogen-bond donors (Lipinski definition) is 1. The van der Waals surface area contributed by atoms with E-state index in [2.05, 4.69) is 20.9 Å². The highest BCUT2D eigenvalue weighted by Gasteiger charge is 2.52. The number of carbonyl (C=O) groups is 1. The standard InChI is InChI=1S/C33H30F5N5O5/c1-5-21-23(34)9-6-17-12-20(44)13-22(24(17)21)27-26(35)28-25(30(39-27)48-16(2)3)29(41-32(40-28)47-11-10-46-4)42-14-18-7-8-19(15-42)43(18)31(45)33(36,37)38/h1,6,9,12-13,16,18-19,44H,7-8,10-11,14-15H2,2-4H3. The van der Waals surface area contributed by atoms with Gasteiger partial charge in [0.1, 0.15) is 40.6 Å². The summed E-state index contributed by atoms with van der Waals surface area (Å²) in [6.45, 7) is 3.44. The molecular formula is C33H30F5N5O5. The number of piperazine rings is 1. The number of aromatic hydroxyl groups is 1. The van der Waals surface area contributed by atoms with Crippen molar-refractivity contribution in [1.82, 2.24) is 19.9 Å². The van der Waals surface area contributed by atoms with E-state index in [1.54, 1.807) is 18.7 Å². The van der Waals surface area contributed by atoms with Gasteiger partial charge in [-0.1, -0.05) is 12.0 Å². The van der Waals surface area contributed by atoms with Gasteiger partial charge < -0.3 is 29.1 Å². The first kappa shape index (κ1) is 33.0. The molecule has 2 aliphatic heterocycles. The molecule has 0 radical (unpaired) electrons. The Hall–Kier alpha value is -4.97. The van der Waals surface area contributed by atoms with Crippen LogP contribution in [0.3, 0.4) is 0 Å². The van der Waals surface area contributed by atoms with Crippen molar-refractivity contribution in [3.05, 3.63) is 41.5 Å². The van der Waals surface area contributed by atoms with Crippen LogP contribution in [0.4, 0.5) is 27.8 Å². The largest absolute Gasteiger partial charge is 0.508 e. The highest BCUT2D eigenvalue weighted by molar-refractivity contribution is 6.04. The smallest absolute Gasteiger partial charge is 0.471 e. The lowest BCUT2D eigenvalue weighted by atomic mass is 9.95. The van der Waals surface area contributed by atoms with Gasteiger partial charge in [0.2, 0.25) is 5.88 Å². The summed E-state index contributed by atoms with van der Waals surface area (Å²) in [5.41, 5.74) is -0.896. The van der Waals surface area contributed by atoms with Crippen LogP contribution in [-0.2, 0) is 9.53 Å². The normalized spacial score (nSPS) is 17.8. The number of amides is 1. The first-order chi connectivity index (χ1) is 22.8. The second-order valence-corrected chi connectivity index (χ2v) is 11.8. The lowest BCUT2D eigenvalue weighted by Gasteiger charge is -2.42. The summed E-state index contributed by atoms with van der Waals surface area (Å²) < 4.78 is 89.0. The van der Waals surface area contributed by atoms with E-state index in [4.69, 9.17) is 20.6 Å². The quantitative estimate of drug-likeness (QED) is 0.150. The molecule has 0 aliphatic carbocycles. The molecule has 0 saturated carbocycles. The summed E-state index contributed by atoms with van der Waals surface area (Å²) in [7, 11) is 1.45. The predicted octanol–water partition coefficient (Wildman–Crippen LogP) is 5.36. The molecule has 15 heteroatoms. The molecule has 2 unspecified atom stereocenters. The highest BCUT2D eigenvalue weighted by atomic mass is 19.4. The number of hydrogen-bond acceptors (Lipinski definition) is 9. The van der Waals surface area contributed by atoms with Gasteiger partial charge in [0, 0.05) is 31.1 Å². The third kappa shape index (κ3) is 5.85. The van der Waals surface area contributed by atoms with Gasteiger partial charge >= 0.3 is 18.1 Å². The van der Waals surface area contributed by atoms with Gasteiger partial charge in [-0.15, -0.1) is 6.42 Å². The zero-order chi connectivity index (χ0) is 34.5. The fraction of sp³-hybridized carbons (Fsp3) is 0.394. The fourth-order valence-electron chi connectivity index (χ4n) is 6.41. The number of halogens is 5. The average molecular weight is 672 g/mol. The second-order valence-electron chi connectivity index (χ2n) is 11.8. The summed E-state index contributed by atoms with van der Waals surface area (Å²) in [5, 5.41) is 11.0. The summed E-state index contributed by atoms with van der Waals surface area (Å²) in [6, 6.07) is 3.23. The molecule has 48 heavy (non-hydrogen) atoms. The van der Waals surface area contributed by atoms with Crippen LogP contribution in [0.25, 0.3) is 32.9 Å². The maximum absolute atomic E-state index is 16.9. The van der Waals surface area contributed by atoms with E-state index >= 15 is 4.39 Å². The molecule has 10 nitrogen and oxygen atoms in total. The number of anilines is 1. The van der Waals surface area contributed by atoms with Crippen LogP contribution in [0.5, 0.6) is 17.6 Å². The first-order valence-corrected chi connectivity index (χ1v) is 15.1. The fourth-order valence-corrected chi connectivity index (χ4v) is 6.41. The number of pyridine rings is 1. The minimum atomic E-state index is -5.03. The van der Waals surface area contributed by atoms with Crippen LogP contribution in [0.2, 0.25) is 0 Å². The maximum Gasteiger partial charge on any atom is 0.471 e. The number of fused-ring (bicyclic) bond motifs is 4. The molecule has 1 amide bonds. The number of ether oxygens (including phenoxy) is 3. The number of alkyl halides is 3. The number of phenols is 1. The van der Waals surface area contributed by atoms with E-state index < -0.39 is 41.9 Å². The van der Waals surface area contributed by atoms with E-state index in [-0.39, 0.29) is 82.9 Å². The Morgan fingerprint density at radius 2 is 1.79 bits per heavy atom. The van der Waals surface area contributed by atoms with Crippen molar-refractivity contribution < 1.29 is 46.1 Å². The van der Waals surface area contributed by atoms with Crippen molar-refractivity contribution >= 4 is 33.4 Å². The Morgan fingerprint density at radius 3 is 2.42 bits per heavy atom. The monoisotopic (exact) mass is 671 g/mol. The van der Waals surface area contributed by atoms with Crippen molar-refractivity contribution in [2.24, 2.45) is 0 Å². The third-order valence-electron chi connectivity index (χ3n) is 8.29. The number of nitrogens with zero attached hydrogens (tertiary/aromatic N) is 5. The predicted molar refractivity (Wildman–Crippen MR) is 165 cm³/mol. The molecule has 2 atom stereocenters. The summed E-state index contributed by atoms with van der Waals surface area (Å²) in [5.74, 6) is -1.69. The van der Waals surface area contributed by atoms with E-state index in [1.807, 2.05) is 0 Å². The molecular weight excluding hydrogens is 641 g/mol. The summed E-state index contributed by atoms with van der Waals surface area (Å²) >= 11 is 0. The number of aromatic nitrogens is 3. The minimum Gasteiger partial charge on any atom is -0.508 e. The van der Waals surface area contributed by atoms with Crippen molar-refractivity contribution in [1.29, 1.82) is 0 Å². The SMILES string of the molecule is C#Cc1c(F)ccc2cc(O)cc(-c3nc(OC(C)C)c4c(N5CC6CCC(C5)N6C(=O)C(F)(F)F)nc(OCCOC)nc4c3F)c12. The molecule has 2 bridgehead atoms. The Bertz CT molecular complexity index is 1950. The topological polar surface area (TPSA) is 110 Å². The first-order valence-electron chi connectivity index (χ1n) is 15.1. The Balaban J connectivity index is 1.59. The van der Waals surface area contributed by atoms with Crippen molar-refractivity contribution in [3.63, 3.8) is 0 Å². The number of benzene rings is 2. The molecule has 2 aliphatic rings. The van der Waals surface area contributed by atoms with Crippen molar-refractivity contribution in [3.8, 4) is 41.2 Å². The molecule has 2 saturated heterocycles. The van der Waals surface area contributed by atoms with Gasteiger partial charge in [0.15, 0.2) is 5.82 Å². The van der Waals surface area contributed by atoms with Crippen molar-refractivity contribution in [2.45, 2.75) is 51.1 Å². The molecule has 252 valence electrons. The van der Waals surface area contributed by atoms with Gasteiger partial charge in [-0.3, -0.25) is 4.79 Å². The lowest BCUT2D eigenvalue weighted by molar-refractivity contribution is -0.188. The van der Waals surface area contributed by atoms with E-state index in [9.17, 15) is 27.5 Å². The molecule has 1 N–H and O–H groups in total. The number of carbonyl (C=O) groups excluding carboxylic acids is 1. The van der Waals surface area contributed by atoms with Gasteiger partial charge in [0.05, 0.1) is 30.4 Å². The van der Waals surface area contributed by atoms with Crippen LogP contribution < -0.4 is 14.4 Å². The maximum atomic E-state index is 16.9. The van der Waals surface area contributed by atoms with Crippen LogP contribution in [0.1, 0.15) is 32.3 Å². The Labute approximate surface area is 271 Å². The molecule has 4 aromatic rings. The Morgan fingerprint density at radius 1 is 1.08 bits per heavy atom. The van der Waals surface area contributed by atoms with Crippen LogP contribution >= 0.6 is 0 Å². The van der Waals surface area contributed by atoms with E-state index in [1.165, 1.54) is 25.3 Å². The molecule has 2 aromatic carbocycles. The van der Waals surface area contributed by atoms with E-state index in [0.29, 0.717) is 18.2 Å². The summed E-state index contributed by atoms with van der Waals surface area (Å²) in [6.07, 6.45) is 0.762. The second kappa shape index (κ2) is 12.6. The molecule has 2 fully saturated rings. The number of methoxy groups -OCH3 is 1. The zero-order valence-corrected chi connectivity index (χ0v) is 26.1. The van der Waals surface area contributed by atoms with E-state index in [0.717, 1.165) is 11.0 Å². The van der Waals surface area contributed by atoms with Crippen molar-refractivity contribution in [2.75, 3.05) is 38.3 Å². The number of terminal acetylenes is 1. The molecule has 6 rings (SSSR count). The van der Waals surface area contributed by atoms with Gasteiger partial charge in [-0.25, -0.2) is 13.8 Å². The van der Waals surface area contributed by atoms with Crippen LogP contribution in [0, 0.1) is 24.0 Å². The summed E-state index contributed by atoms with van der Waals surface area (Å²) in [4.78, 5) is 28.2. The Kier molecular flexibility index (Phi) is 8.63. The molecule has 0 spiro atoms. The van der Waals surface area contributed by atoms with Gasteiger partial charge in [-0.05, 0) is 50.3 Å². The zero-order valence-electron chi connectivity index (χ0n) is 26.1. The third-order valence-corrected chi connectivity index (χ3v) is 8.29. The highest BCUT2D eigenvalue weighted by Crippen LogP contribution is 2.44. The van der Waals surface area contributed by atoms with Crippen LogP contribution in [0.15, 0.2) is 24.3 Å². The van der Waals surface area contributed by atoms with Gasteiger partial charge in [-0.2, -0.15) is 23.1 Å². The molecule has 2 aromatic heterocycles. The van der Waals surface area contributed by atoms with Crippen LogP contribution in [-0.4, -0.2) is 88.6 Å². The number of rotatable bonds is 8. The average Bonchev–Trinajstić information content (AvgIpc) is 3.29.